The number of rotatable bonds is 11. The predicted molar refractivity (Wildman–Crippen MR) is 101 cm³/mol. The molecular formula is C18H27N4O2S+. The Hall–Kier alpha value is -1.83. The Kier molecular flexibility index (Phi) is 8.51. The van der Waals surface area contributed by atoms with Gasteiger partial charge in [-0.15, -0.1) is 0 Å². The van der Waals surface area contributed by atoms with E-state index in [0.29, 0.717) is 13.2 Å². The van der Waals surface area contributed by atoms with E-state index in [1.165, 1.54) is 0 Å². The monoisotopic (exact) mass is 363 g/mol. The predicted octanol–water partition coefficient (Wildman–Crippen LogP) is 3.60. The lowest BCUT2D eigenvalue weighted by Gasteiger charge is -2.24. The van der Waals surface area contributed by atoms with E-state index in [1.54, 1.807) is 11.3 Å². The van der Waals surface area contributed by atoms with Crippen LogP contribution in [0.25, 0.3) is 0 Å². The number of unbranched alkanes of at least 4 members (excludes halogenated alkanes) is 1. The summed E-state index contributed by atoms with van der Waals surface area (Å²) in [7, 11) is 1.96. The SMILES string of the molecule is CCCCN(CCOCCO)c1ccc(N=Nc2scc[n+]2C)cc1. The molecule has 136 valence electrons. The summed E-state index contributed by atoms with van der Waals surface area (Å²) in [5, 5.41) is 20.2. The van der Waals surface area contributed by atoms with Crippen LogP contribution < -0.4 is 9.47 Å². The fourth-order valence-electron chi connectivity index (χ4n) is 2.31. The van der Waals surface area contributed by atoms with Gasteiger partial charge in [-0.1, -0.05) is 13.3 Å². The number of aromatic nitrogens is 1. The van der Waals surface area contributed by atoms with E-state index in [9.17, 15) is 0 Å². The largest absolute Gasteiger partial charge is 0.408 e. The molecule has 6 nitrogen and oxygen atoms in total. The van der Waals surface area contributed by atoms with Crippen molar-refractivity contribution >= 4 is 27.8 Å². The normalized spacial score (nSPS) is 11.3. The van der Waals surface area contributed by atoms with Crippen molar-refractivity contribution in [1.29, 1.82) is 0 Å². The van der Waals surface area contributed by atoms with Gasteiger partial charge in [-0.25, -0.2) is 4.57 Å². The van der Waals surface area contributed by atoms with Crippen LogP contribution in [-0.2, 0) is 11.8 Å². The highest BCUT2D eigenvalue weighted by Gasteiger charge is 2.09. The summed E-state index contributed by atoms with van der Waals surface area (Å²) in [5.41, 5.74) is 1.99. The summed E-state index contributed by atoms with van der Waals surface area (Å²) in [6, 6.07) is 8.12. The lowest BCUT2D eigenvalue weighted by Crippen LogP contribution is -2.28. The quantitative estimate of drug-likeness (QED) is 0.377. The van der Waals surface area contributed by atoms with Crippen LogP contribution in [0.1, 0.15) is 19.8 Å². The van der Waals surface area contributed by atoms with Crippen LogP contribution in [0.5, 0.6) is 0 Å². The second-order valence-corrected chi connectivity index (χ2v) is 6.56. The minimum Gasteiger partial charge on any atom is -0.394 e. The summed E-state index contributed by atoms with van der Waals surface area (Å²) in [4.78, 5) is 2.31. The highest BCUT2D eigenvalue weighted by Crippen LogP contribution is 2.22. The van der Waals surface area contributed by atoms with Gasteiger partial charge < -0.3 is 14.7 Å². The molecule has 0 amide bonds. The first-order valence-electron chi connectivity index (χ1n) is 8.63. The summed E-state index contributed by atoms with van der Waals surface area (Å²) in [5.74, 6) is 0. The second kappa shape index (κ2) is 10.9. The Morgan fingerprint density at radius 2 is 1.96 bits per heavy atom. The van der Waals surface area contributed by atoms with Crippen LogP contribution in [0.4, 0.5) is 16.5 Å². The van der Waals surface area contributed by atoms with Crippen molar-refractivity contribution in [2.75, 3.05) is 37.8 Å². The highest BCUT2D eigenvalue weighted by molar-refractivity contribution is 7.12. The lowest BCUT2D eigenvalue weighted by molar-refractivity contribution is -0.654. The molecule has 1 aromatic carbocycles. The number of anilines is 1. The van der Waals surface area contributed by atoms with Crippen molar-refractivity contribution in [1.82, 2.24) is 0 Å². The molecule has 0 bridgehead atoms. The molecule has 7 heteroatoms. The number of benzene rings is 1. The van der Waals surface area contributed by atoms with Gasteiger partial charge in [0.15, 0.2) is 0 Å². The number of aliphatic hydroxyl groups excluding tert-OH is 1. The molecule has 2 aromatic rings. The fourth-order valence-corrected chi connectivity index (χ4v) is 2.99. The molecule has 0 atom stereocenters. The smallest absolute Gasteiger partial charge is 0.394 e. The molecule has 1 aromatic heterocycles. The molecule has 2 rings (SSSR count). The second-order valence-electron chi connectivity index (χ2n) is 5.69. The van der Waals surface area contributed by atoms with Crippen molar-refractivity contribution in [2.24, 2.45) is 17.3 Å². The molecule has 0 spiro atoms. The zero-order valence-corrected chi connectivity index (χ0v) is 15.8. The zero-order chi connectivity index (χ0) is 17.9. The number of thiazole rings is 1. The minimum absolute atomic E-state index is 0.0661. The highest BCUT2D eigenvalue weighted by atomic mass is 32.1. The fraction of sp³-hybridized carbons (Fsp3) is 0.500. The number of hydrogen-bond acceptors (Lipinski definition) is 6. The Balaban J connectivity index is 1.98. The topological polar surface area (TPSA) is 61.3 Å². The van der Waals surface area contributed by atoms with Crippen LogP contribution in [0.15, 0.2) is 46.1 Å². The Morgan fingerprint density at radius 1 is 1.16 bits per heavy atom. The van der Waals surface area contributed by atoms with E-state index in [2.05, 4.69) is 34.2 Å². The Morgan fingerprint density at radius 3 is 2.60 bits per heavy atom. The number of nitrogens with zero attached hydrogens (tertiary/aromatic N) is 4. The molecule has 0 radical (unpaired) electrons. The van der Waals surface area contributed by atoms with Gasteiger partial charge >= 0.3 is 5.13 Å². The van der Waals surface area contributed by atoms with Crippen LogP contribution >= 0.6 is 11.3 Å². The van der Waals surface area contributed by atoms with E-state index in [0.717, 1.165) is 42.4 Å². The van der Waals surface area contributed by atoms with Crippen LogP contribution in [0.3, 0.4) is 0 Å². The zero-order valence-electron chi connectivity index (χ0n) is 15.0. The number of aryl methyl sites for hydroxylation is 1. The molecule has 25 heavy (non-hydrogen) atoms. The van der Waals surface area contributed by atoms with Gasteiger partial charge in [0.25, 0.3) is 0 Å². The van der Waals surface area contributed by atoms with E-state index >= 15 is 0 Å². The summed E-state index contributed by atoms with van der Waals surface area (Å²) in [6.07, 6.45) is 4.25. The first-order valence-corrected chi connectivity index (χ1v) is 9.51. The van der Waals surface area contributed by atoms with Crippen LogP contribution in [-0.4, -0.2) is 38.0 Å². The Labute approximate surface area is 153 Å². The Bertz CT molecular complexity index is 643. The standard InChI is InChI=1S/C18H27N4O2S/c1-3-4-9-22(10-13-24-14-12-23)17-7-5-16(6-8-17)19-20-18-21(2)11-15-25-18/h5-8,11,15,23H,3-4,9-10,12-14H2,1-2H3/q+1. The van der Waals surface area contributed by atoms with E-state index in [-0.39, 0.29) is 6.61 Å². The van der Waals surface area contributed by atoms with Gasteiger partial charge in [0.05, 0.1) is 32.0 Å². The molecule has 0 aliphatic carbocycles. The molecule has 0 aliphatic heterocycles. The number of azo groups is 1. The third kappa shape index (κ3) is 6.53. The summed E-state index contributed by atoms with van der Waals surface area (Å²) in [6.45, 7) is 5.06. The van der Waals surface area contributed by atoms with E-state index < -0.39 is 0 Å². The summed E-state index contributed by atoms with van der Waals surface area (Å²) < 4.78 is 7.35. The van der Waals surface area contributed by atoms with Crippen molar-refractivity contribution in [3.63, 3.8) is 0 Å². The van der Waals surface area contributed by atoms with Crippen molar-refractivity contribution < 1.29 is 14.4 Å². The van der Waals surface area contributed by atoms with Gasteiger partial charge in [0, 0.05) is 24.2 Å². The molecule has 0 aliphatic rings. The molecule has 1 N–H and O–H groups in total. The van der Waals surface area contributed by atoms with Gasteiger partial charge in [0.1, 0.15) is 11.9 Å². The van der Waals surface area contributed by atoms with E-state index in [4.69, 9.17) is 9.84 Å². The van der Waals surface area contributed by atoms with Crippen molar-refractivity contribution in [3.8, 4) is 0 Å². The van der Waals surface area contributed by atoms with Gasteiger partial charge in [-0.2, -0.15) is 0 Å². The third-order valence-corrected chi connectivity index (χ3v) is 4.59. The average Bonchev–Trinajstić information content (AvgIpc) is 3.05. The molecular weight excluding hydrogens is 336 g/mol. The van der Waals surface area contributed by atoms with Gasteiger partial charge in [0.2, 0.25) is 0 Å². The van der Waals surface area contributed by atoms with Gasteiger partial charge in [-0.05, 0) is 47.1 Å². The lowest BCUT2D eigenvalue weighted by atomic mass is 10.2. The minimum atomic E-state index is 0.0661. The van der Waals surface area contributed by atoms with Crippen molar-refractivity contribution in [2.45, 2.75) is 19.8 Å². The maximum atomic E-state index is 8.80. The van der Waals surface area contributed by atoms with Crippen LogP contribution in [0.2, 0.25) is 0 Å². The first-order chi connectivity index (χ1) is 12.2. The summed E-state index contributed by atoms with van der Waals surface area (Å²) >= 11 is 1.56. The van der Waals surface area contributed by atoms with Gasteiger partial charge in [-0.3, -0.25) is 0 Å². The number of aliphatic hydroxyl groups is 1. The number of hydrogen-bond donors (Lipinski definition) is 1. The third-order valence-electron chi connectivity index (χ3n) is 3.75. The molecule has 0 fully saturated rings. The first kappa shape index (κ1) is 19.5. The molecule has 0 saturated heterocycles. The van der Waals surface area contributed by atoms with E-state index in [1.807, 2.05) is 35.3 Å². The average molecular weight is 364 g/mol. The molecule has 0 unspecified atom stereocenters. The van der Waals surface area contributed by atoms with Crippen molar-refractivity contribution in [3.05, 3.63) is 35.8 Å². The molecule has 1 heterocycles. The maximum absolute atomic E-state index is 8.80. The molecule has 0 saturated carbocycles. The number of ether oxygens (including phenoxy) is 1. The maximum Gasteiger partial charge on any atom is 0.408 e. The van der Waals surface area contributed by atoms with Crippen LogP contribution in [0, 0.1) is 0 Å².